The summed E-state index contributed by atoms with van der Waals surface area (Å²) in [5, 5.41) is 0.977. The number of nitrogens with zero attached hydrogens (tertiary/aromatic N) is 4. The molecular weight excluding hydrogens is 320 g/mol. The van der Waals surface area contributed by atoms with E-state index in [1.54, 1.807) is 31.0 Å². The van der Waals surface area contributed by atoms with E-state index in [-0.39, 0.29) is 6.04 Å². The van der Waals surface area contributed by atoms with Gasteiger partial charge in [-0.3, -0.25) is 4.90 Å². The van der Waals surface area contributed by atoms with Gasteiger partial charge in [0.25, 0.3) is 0 Å². The van der Waals surface area contributed by atoms with Crippen molar-refractivity contribution in [2.75, 3.05) is 14.2 Å². The maximum Gasteiger partial charge on any atom is 0.129 e. The minimum Gasteiger partial charge on any atom is -0.496 e. The Bertz CT molecular complexity index is 790. The molecule has 3 aromatic rings. The van der Waals surface area contributed by atoms with Gasteiger partial charge in [-0.1, -0.05) is 12.1 Å². The predicted molar refractivity (Wildman–Crippen MR) is 96.0 cm³/mol. The van der Waals surface area contributed by atoms with Crippen LogP contribution in [0, 0.1) is 0 Å². The molecule has 3 rings (SSSR count). The zero-order chi connectivity index (χ0) is 16.9. The summed E-state index contributed by atoms with van der Waals surface area (Å²) in [4.78, 5) is 16.3. The first-order chi connectivity index (χ1) is 11.7. The Labute approximate surface area is 146 Å². The Morgan fingerprint density at radius 3 is 2.79 bits per heavy atom. The van der Waals surface area contributed by atoms with E-state index in [0.717, 1.165) is 28.6 Å². The van der Waals surface area contributed by atoms with Gasteiger partial charge in [0.05, 0.1) is 18.4 Å². The van der Waals surface area contributed by atoms with Crippen molar-refractivity contribution in [1.82, 2.24) is 19.9 Å². The van der Waals surface area contributed by atoms with Gasteiger partial charge >= 0.3 is 0 Å². The molecule has 2 heterocycles. The molecule has 0 aliphatic heterocycles. The van der Waals surface area contributed by atoms with Crippen molar-refractivity contribution >= 4 is 11.3 Å². The van der Waals surface area contributed by atoms with Gasteiger partial charge in [0.1, 0.15) is 17.1 Å². The molecule has 0 aliphatic rings. The summed E-state index contributed by atoms with van der Waals surface area (Å²) in [5.41, 5.74) is 2.05. The molecule has 0 bridgehead atoms. The standard InChI is InChI=1S/C18H20N4OS/c1-13(16-8-9-19-12-21-16)22(2)11-14-10-20-18(24-14)15-6-4-5-7-17(15)23-3/h4-10,12-13H,11H2,1-3H3/t13-/m1/s1. The molecule has 0 aliphatic carbocycles. The van der Waals surface area contributed by atoms with Crippen LogP contribution in [0.5, 0.6) is 5.75 Å². The van der Waals surface area contributed by atoms with Crippen LogP contribution in [0.15, 0.2) is 49.1 Å². The van der Waals surface area contributed by atoms with E-state index in [0.29, 0.717) is 0 Å². The molecule has 2 aromatic heterocycles. The largest absolute Gasteiger partial charge is 0.496 e. The highest BCUT2D eigenvalue weighted by molar-refractivity contribution is 7.15. The first-order valence-corrected chi connectivity index (χ1v) is 8.55. The van der Waals surface area contributed by atoms with Crippen molar-refractivity contribution < 1.29 is 4.74 Å². The average molecular weight is 340 g/mol. The zero-order valence-electron chi connectivity index (χ0n) is 14.0. The molecule has 0 unspecified atom stereocenters. The van der Waals surface area contributed by atoms with Crippen LogP contribution in [0.2, 0.25) is 0 Å². The molecule has 0 saturated heterocycles. The maximum atomic E-state index is 5.43. The highest BCUT2D eigenvalue weighted by Crippen LogP contribution is 2.33. The Morgan fingerprint density at radius 2 is 2.04 bits per heavy atom. The van der Waals surface area contributed by atoms with Crippen LogP contribution < -0.4 is 4.74 Å². The summed E-state index contributed by atoms with van der Waals surface area (Å²) in [5.74, 6) is 0.848. The predicted octanol–water partition coefficient (Wildman–Crippen LogP) is 3.80. The maximum absolute atomic E-state index is 5.43. The quantitative estimate of drug-likeness (QED) is 0.683. The third-order valence-corrected chi connectivity index (χ3v) is 5.01. The number of methoxy groups -OCH3 is 1. The summed E-state index contributed by atoms with van der Waals surface area (Å²) in [6, 6.07) is 10.1. The molecule has 24 heavy (non-hydrogen) atoms. The zero-order valence-corrected chi connectivity index (χ0v) is 14.8. The van der Waals surface area contributed by atoms with Crippen LogP contribution in [0.3, 0.4) is 0 Å². The smallest absolute Gasteiger partial charge is 0.129 e. The van der Waals surface area contributed by atoms with Gasteiger partial charge in [0.2, 0.25) is 0 Å². The molecule has 0 N–H and O–H groups in total. The van der Waals surface area contributed by atoms with Crippen molar-refractivity contribution in [2.24, 2.45) is 0 Å². The van der Waals surface area contributed by atoms with Crippen LogP contribution in [0.4, 0.5) is 0 Å². The monoisotopic (exact) mass is 340 g/mol. The van der Waals surface area contributed by atoms with Gasteiger partial charge in [-0.05, 0) is 32.2 Å². The summed E-state index contributed by atoms with van der Waals surface area (Å²) in [6.45, 7) is 2.96. The molecule has 0 spiro atoms. The van der Waals surface area contributed by atoms with Gasteiger partial charge in [0.15, 0.2) is 0 Å². The first kappa shape index (κ1) is 16.5. The normalized spacial score (nSPS) is 12.3. The lowest BCUT2D eigenvalue weighted by molar-refractivity contribution is 0.250. The fourth-order valence-corrected chi connectivity index (χ4v) is 3.49. The van der Waals surface area contributed by atoms with E-state index in [9.17, 15) is 0 Å². The minimum absolute atomic E-state index is 0.213. The van der Waals surface area contributed by atoms with Gasteiger partial charge in [-0.2, -0.15) is 0 Å². The van der Waals surface area contributed by atoms with Crippen LogP contribution in [0.25, 0.3) is 10.6 Å². The van der Waals surface area contributed by atoms with E-state index in [1.807, 2.05) is 36.5 Å². The van der Waals surface area contributed by atoms with Crippen molar-refractivity contribution in [3.63, 3.8) is 0 Å². The van der Waals surface area contributed by atoms with Gasteiger partial charge in [-0.15, -0.1) is 11.3 Å². The fourth-order valence-electron chi connectivity index (χ4n) is 2.48. The van der Waals surface area contributed by atoms with Crippen LogP contribution in [-0.2, 0) is 6.54 Å². The second-order valence-electron chi connectivity index (χ2n) is 5.56. The van der Waals surface area contributed by atoms with E-state index < -0.39 is 0 Å². The number of hydrogen-bond acceptors (Lipinski definition) is 6. The molecular formula is C18H20N4OS. The molecule has 0 amide bonds. The number of ether oxygens (including phenoxy) is 1. The van der Waals surface area contributed by atoms with Gasteiger partial charge < -0.3 is 4.74 Å². The Kier molecular flexibility index (Phi) is 5.17. The van der Waals surface area contributed by atoms with Crippen molar-refractivity contribution in [2.45, 2.75) is 19.5 Å². The molecule has 0 saturated carbocycles. The number of para-hydroxylation sites is 1. The summed E-state index contributed by atoms with van der Waals surface area (Å²) >= 11 is 1.69. The lowest BCUT2D eigenvalue weighted by Gasteiger charge is -2.23. The van der Waals surface area contributed by atoms with Crippen LogP contribution in [-0.4, -0.2) is 34.0 Å². The molecule has 6 heteroatoms. The highest BCUT2D eigenvalue weighted by atomic mass is 32.1. The second kappa shape index (κ2) is 7.51. The SMILES string of the molecule is COc1ccccc1-c1ncc(CN(C)[C@H](C)c2ccncn2)s1. The van der Waals surface area contributed by atoms with E-state index in [1.165, 1.54) is 4.88 Å². The van der Waals surface area contributed by atoms with Gasteiger partial charge in [0, 0.05) is 29.9 Å². The van der Waals surface area contributed by atoms with E-state index in [2.05, 4.69) is 33.8 Å². The lowest BCUT2D eigenvalue weighted by Crippen LogP contribution is -2.22. The topological polar surface area (TPSA) is 51.1 Å². The van der Waals surface area contributed by atoms with Crippen molar-refractivity contribution in [1.29, 1.82) is 0 Å². The number of thiazole rings is 1. The molecule has 1 aromatic carbocycles. The molecule has 5 nitrogen and oxygen atoms in total. The number of rotatable bonds is 6. The van der Waals surface area contributed by atoms with Crippen molar-refractivity contribution in [3.8, 4) is 16.3 Å². The Morgan fingerprint density at radius 1 is 1.21 bits per heavy atom. The molecule has 124 valence electrons. The fraction of sp³-hybridized carbons (Fsp3) is 0.278. The molecule has 0 radical (unpaired) electrons. The Balaban J connectivity index is 1.74. The van der Waals surface area contributed by atoms with E-state index in [4.69, 9.17) is 4.74 Å². The first-order valence-electron chi connectivity index (χ1n) is 7.73. The van der Waals surface area contributed by atoms with Gasteiger partial charge in [-0.25, -0.2) is 15.0 Å². The third kappa shape index (κ3) is 3.60. The number of aromatic nitrogens is 3. The molecule has 0 fully saturated rings. The summed E-state index contributed by atoms with van der Waals surface area (Å²) in [6.07, 6.45) is 5.31. The molecule has 1 atom stereocenters. The third-order valence-electron chi connectivity index (χ3n) is 3.99. The summed E-state index contributed by atoms with van der Waals surface area (Å²) in [7, 11) is 3.78. The van der Waals surface area contributed by atoms with Crippen LogP contribution in [0.1, 0.15) is 23.5 Å². The van der Waals surface area contributed by atoms with Crippen molar-refractivity contribution in [3.05, 3.63) is 59.6 Å². The number of hydrogen-bond donors (Lipinski definition) is 0. The average Bonchev–Trinajstić information content (AvgIpc) is 3.10. The lowest BCUT2D eigenvalue weighted by atomic mass is 10.2. The van der Waals surface area contributed by atoms with E-state index >= 15 is 0 Å². The highest BCUT2D eigenvalue weighted by Gasteiger charge is 2.15. The van der Waals surface area contributed by atoms with Crippen LogP contribution >= 0.6 is 11.3 Å². The number of benzene rings is 1. The Hall–Kier alpha value is -2.31. The summed E-state index contributed by atoms with van der Waals surface area (Å²) < 4.78 is 5.43. The second-order valence-corrected chi connectivity index (χ2v) is 6.67. The minimum atomic E-state index is 0.213.